The van der Waals surface area contributed by atoms with Crippen molar-refractivity contribution in [2.45, 2.75) is 25.7 Å². The molecule has 0 aromatic heterocycles. The van der Waals surface area contributed by atoms with E-state index in [0.29, 0.717) is 24.9 Å². The van der Waals surface area contributed by atoms with Gasteiger partial charge in [0.1, 0.15) is 9.84 Å². The van der Waals surface area contributed by atoms with Crippen molar-refractivity contribution < 1.29 is 23.1 Å². The number of carboxylic acid groups (broad SMARTS) is 1. The smallest absolute Gasteiger partial charge is 0.303 e. The first-order chi connectivity index (χ1) is 10.4. The fourth-order valence-corrected chi connectivity index (χ4v) is 3.89. The number of carbonyl (C=O) groups is 2. The first-order valence-corrected chi connectivity index (χ1v) is 9.00. The van der Waals surface area contributed by atoms with E-state index < -0.39 is 15.8 Å². The van der Waals surface area contributed by atoms with Gasteiger partial charge in [0.2, 0.25) is 5.91 Å². The highest BCUT2D eigenvalue weighted by Crippen LogP contribution is 2.21. The summed E-state index contributed by atoms with van der Waals surface area (Å²) in [6.45, 7) is 0. The summed E-state index contributed by atoms with van der Waals surface area (Å²) in [4.78, 5) is 22.6. The molecule has 1 aliphatic rings. The van der Waals surface area contributed by atoms with E-state index in [1.165, 1.54) is 0 Å². The largest absolute Gasteiger partial charge is 0.481 e. The zero-order valence-electron chi connectivity index (χ0n) is 12.1. The Balaban J connectivity index is 1.88. The van der Waals surface area contributed by atoms with Gasteiger partial charge < -0.3 is 10.4 Å². The van der Waals surface area contributed by atoms with Crippen molar-refractivity contribution in [3.8, 4) is 0 Å². The monoisotopic (exact) mass is 325 g/mol. The number of carboxylic acids is 1. The third-order valence-corrected chi connectivity index (χ3v) is 5.49. The molecule has 1 aromatic rings. The Hall–Kier alpha value is -1.89. The van der Waals surface area contributed by atoms with Crippen molar-refractivity contribution >= 4 is 27.4 Å². The van der Waals surface area contributed by atoms with Crippen LogP contribution in [0.5, 0.6) is 0 Å². The molecule has 1 aromatic carbocycles. The van der Waals surface area contributed by atoms with Gasteiger partial charge in [-0.05, 0) is 37.0 Å². The number of carbonyl (C=O) groups excluding carboxylic acids is 1. The van der Waals surface area contributed by atoms with E-state index in [2.05, 4.69) is 5.32 Å². The molecule has 1 amide bonds. The Kier molecular flexibility index (Phi) is 5.18. The van der Waals surface area contributed by atoms with Crippen LogP contribution in [-0.4, -0.2) is 36.9 Å². The molecule has 1 aliphatic heterocycles. The Morgan fingerprint density at radius 3 is 2.27 bits per heavy atom. The molecule has 120 valence electrons. The van der Waals surface area contributed by atoms with Crippen molar-refractivity contribution in [1.82, 2.24) is 0 Å². The van der Waals surface area contributed by atoms with Crippen LogP contribution in [-0.2, 0) is 25.8 Å². The number of hydrogen-bond donors (Lipinski definition) is 2. The number of sulfone groups is 1. The molecule has 0 unspecified atom stereocenters. The van der Waals surface area contributed by atoms with Crippen molar-refractivity contribution in [2.75, 3.05) is 16.8 Å². The van der Waals surface area contributed by atoms with Crippen molar-refractivity contribution in [2.24, 2.45) is 5.92 Å². The molecule has 0 aliphatic carbocycles. The zero-order chi connectivity index (χ0) is 16.2. The van der Waals surface area contributed by atoms with Gasteiger partial charge in [-0.1, -0.05) is 12.1 Å². The minimum Gasteiger partial charge on any atom is -0.481 e. The van der Waals surface area contributed by atoms with Crippen LogP contribution < -0.4 is 5.32 Å². The van der Waals surface area contributed by atoms with Gasteiger partial charge in [0, 0.05) is 18.0 Å². The maximum atomic E-state index is 12.1. The van der Waals surface area contributed by atoms with Crippen LogP contribution in [0.2, 0.25) is 0 Å². The highest BCUT2D eigenvalue weighted by atomic mass is 32.2. The Morgan fingerprint density at radius 2 is 1.73 bits per heavy atom. The predicted octanol–water partition coefficient (Wildman–Crippen LogP) is 1.47. The molecular weight excluding hydrogens is 306 g/mol. The molecule has 0 spiro atoms. The molecule has 1 saturated heterocycles. The lowest BCUT2D eigenvalue weighted by molar-refractivity contribution is -0.137. The average Bonchev–Trinajstić information content (AvgIpc) is 2.46. The zero-order valence-corrected chi connectivity index (χ0v) is 12.9. The first-order valence-electron chi connectivity index (χ1n) is 7.18. The third-order valence-electron chi connectivity index (χ3n) is 3.77. The normalized spacial score (nSPS) is 17.8. The highest BCUT2D eigenvalue weighted by molar-refractivity contribution is 7.91. The van der Waals surface area contributed by atoms with Crippen LogP contribution in [0.4, 0.5) is 5.69 Å². The molecule has 6 nitrogen and oxygen atoms in total. The van der Waals surface area contributed by atoms with E-state index in [1.807, 2.05) is 0 Å². The minimum absolute atomic E-state index is 0.0687. The van der Waals surface area contributed by atoms with E-state index in [9.17, 15) is 18.0 Å². The van der Waals surface area contributed by atoms with Gasteiger partial charge in [-0.15, -0.1) is 0 Å². The van der Waals surface area contributed by atoms with Gasteiger partial charge in [0.25, 0.3) is 0 Å². The lowest BCUT2D eigenvalue weighted by Crippen LogP contribution is -2.31. The minimum atomic E-state index is -2.97. The first kappa shape index (κ1) is 16.5. The van der Waals surface area contributed by atoms with Crippen LogP contribution >= 0.6 is 0 Å². The lowest BCUT2D eigenvalue weighted by atomic mass is 10.0. The number of nitrogens with one attached hydrogen (secondary N) is 1. The second kappa shape index (κ2) is 6.91. The number of aryl methyl sites for hydroxylation is 1. The number of amides is 1. The molecule has 1 heterocycles. The van der Waals surface area contributed by atoms with Crippen LogP contribution in [0.3, 0.4) is 0 Å². The molecule has 0 atom stereocenters. The fraction of sp³-hybridized carbons (Fsp3) is 0.467. The quantitative estimate of drug-likeness (QED) is 0.854. The predicted molar refractivity (Wildman–Crippen MR) is 82.4 cm³/mol. The molecule has 2 rings (SSSR count). The van der Waals surface area contributed by atoms with Gasteiger partial charge in [0.15, 0.2) is 0 Å². The Morgan fingerprint density at radius 1 is 1.14 bits per heavy atom. The second-order valence-electron chi connectivity index (χ2n) is 5.51. The summed E-state index contributed by atoms with van der Waals surface area (Å²) in [6.07, 6.45) is 1.25. The number of rotatable bonds is 5. The van der Waals surface area contributed by atoms with E-state index in [-0.39, 0.29) is 29.8 Å². The van der Waals surface area contributed by atoms with Crippen LogP contribution in [0.1, 0.15) is 24.8 Å². The second-order valence-corrected chi connectivity index (χ2v) is 7.81. The molecule has 0 saturated carbocycles. The standard InChI is InChI=1S/C15H19NO5S/c17-14(18)6-3-11-1-4-13(5-2-11)16-15(19)12-7-9-22(20,21)10-8-12/h1-2,4-5,12H,3,6-10H2,(H,16,19)(H,17,18). The molecule has 1 fully saturated rings. The number of benzene rings is 1. The molecule has 7 heteroatoms. The highest BCUT2D eigenvalue weighted by Gasteiger charge is 2.28. The van der Waals surface area contributed by atoms with Crippen LogP contribution in [0.25, 0.3) is 0 Å². The molecule has 2 N–H and O–H groups in total. The molecule has 22 heavy (non-hydrogen) atoms. The average molecular weight is 325 g/mol. The van der Waals surface area contributed by atoms with E-state index >= 15 is 0 Å². The third kappa shape index (κ3) is 4.84. The lowest BCUT2D eigenvalue weighted by Gasteiger charge is -2.21. The summed E-state index contributed by atoms with van der Waals surface area (Å²) < 4.78 is 22.7. The van der Waals surface area contributed by atoms with Crippen molar-refractivity contribution in [3.63, 3.8) is 0 Å². The molecule has 0 bridgehead atoms. The summed E-state index contributed by atoms with van der Waals surface area (Å²) in [5.74, 6) is -1.13. The summed E-state index contributed by atoms with van der Waals surface area (Å²) >= 11 is 0. The fourth-order valence-electron chi connectivity index (χ4n) is 2.40. The van der Waals surface area contributed by atoms with E-state index in [1.54, 1.807) is 24.3 Å². The van der Waals surface area contributed by atoms with Gasteiger partial charge in [-0.3, -0.25) is 9.59 Å². The summed E-state index contributed by atoms with van der Waals surface area (Å²) in [7, 11) is -2.97. The van der Waals surface area contributed by atoms with E-state index in [0.717, 1.165) is 5.56 Å². The van der Waals surface area contributed by atoms with E-state index in [4.69, 9.17) is 5.11 Å². The number of hydrogen-bond acceptors (Lipinski definition) is 4. The van der Waals surface area contributed by atoms with Crippen LogP contribution in [0.15, 0.2) is 24.3 Å². The summed E-state index contributed by atoms with van der Waals surface area (Å²) in [6, 6.07) is 7.02. The van der Waals surface area contributed by atoms with Gasteiger partial charge in [-0.25, -0.2) is 8.42 Å². The number of aliphatic carboxylic acids is 1. The summed E-state index contributed by atoms with van der Waals surface area (Å²) in [5, 5.41) is 11.4. The summed E-state index contributed by atoms with van der Waals surface area (Å²) in [5.41, 5.74) is 1.53. The Bertz CT molecular complexity index is 637. The van der Waals surface area contributed by atoms with Gasteiger partial charge in [0.05, 0.1) is 11.5 Å². The maximum absolute atomic E-state index is 12.1. The van der Waals surface area contributed by atoms with Crippen LogP contribution in [0, 0.1) is 5.92 Å². The van der Waals surface area contributed by atoms with Crippen molar-refractivity contribution in [3.05, 3.63) is 29.8 Å². The van der Waals surface area contributed by atoms with Gasteiger partial charge >= 0.3 is 5.97 Å². The Labute approximate surface area is 129 Å². The topological polar surface area (TPSA) is 101 Å². The number of anilines is 1. The molecule has 0 radical (unpaired) electrons. The van der Waals surface area contributed by atoms with Crippen molar-refractivity contribution in [1.29, 1.82) is 0 Å². The SMILES string of the molecule is O=C(O)CCc1ccc(NC(=O)C2CCS(=O)(=O)CC2)cc1. The van der Waals surface area contributed by atoms with Gasteiger partial charge in [-0.2, -0.15) is 0 Å². The maximum Gasteiger partial charge on any atom is 0.303 e. The molecular formula is C15H19NO5S.